The van der Waals surface area contributed by atoms with Gasteiger partial charge in [0.25, 0.3) is 11.4 Å². The summed E-state index contributed by atoms with van der Waals surface area (Å²) >= 11 is 1.92. The van der Waals surface area contributed by atoms with Crippen molar-refractivity contribution in [3.8, 4) is 5.75 Å². The van der Waals surface area contributed by atoms with Crippen molar-refractivity contribution in [3.63, 3.8) is 0 Å². The Balaban J connectivity index is 1.47. The molecule has 3 heterocycles. The van der Waals surface area contributed by atoms with E-state index in [4.69, 9.17) is 4.74 Å². The number of fused-ring (bicyclic) bond motifs is 2. The zero-order chi connectivity index (χ0) is 28.8. The van der Waals surface area contributed by atoms with Gasteiger partial charge in [0.1, 0.15) is 17.6 Å². The monoisotopic (exact) mass is 590 g/mol. The Morgan fingerprint density at radius 3 is 2.24 bits per heavy atom. The smallest absolute Gasteiger partial charge is 0.305 e. The van der Waals surface area contributed by atoms with Crippen LogP contribution in [-0.2, 0) is 16.2 Å². The van der Waals surface area contributed by atoms with Gasteiger partial charge < -0.3 is 9.72 Å². The zero-order valence-corrected chi connectivity index (χ0v) is 22.4. The zero-order valence-electron chi connectivity index (χ0n) is 20.8. The summed E-state index contributed by atoms with van der Waals surface area (Å²) < 4.78 is 6.10. The summed E-state index contributed by atoms with van der Waals surface area (Å²) in [6, 6.07) is 18.4. The summed E-state index contributed by atoms with van der Waals surface area (Å²) in [7, 11) is 0. The molecule has 41 heavy (non-hydrogen) atoms. The molecule has 2 unspecified atom stereocenters. The number of non-ortho nitro benzene ring substituents is 2. The van der Waals surface area contributed by atoms with Gasteiger partial charge in [0.2, 0.25) is 11.8 Å². The van der Waals surface area contributed by atoms with Crippen molar-refractivity contribution >= 4 is 52.0 Å². The molecule has 0 aliphatic carbocycles. The summed E-state index contributed by atoms with van der Waals surface area (Å²) in [6.07, 6.45) is 0. The third-order valence-electron chi connectivity index (χ3n) is 6.92. The van der Waals surface area contributed by atoms with E-state index in [0.29, 0.717) is 15.5 Å². The second kappa shape index (κ2) is 10.3. The molecule has 2 aliphatic rings. The van der Waals surface area contributed by atoms with Gasteiger partial charge in [0.05, 0.1) is 26.5 Å². The van der Waals surface area contributed by atoms with Gasteiger partial charge in [0, 0.05) is 40.6 Å². The molecule has 1 N–H and O–H groups in total. The summed E-state index contributed by atoms with van der Waals surface area (Å²) in [5.74, 6) is -2.80. The van der Waals surface area contributed by atoms with Crippen LogP contribution in [-0.4, -0.2) is 31.9 Å². The Kier molecular flexibility index (Phi) is 6.63. The van der Waals surface area contributed by atoms with Gasteiger partial charge in [-0.05, 0) is 23.8 Å². The molecule has 12 nitrogen and oxygen atoms in total. The topological polar surface area (TPSA) is 166 Å². The molecule has 2 amide bonds. The number of rotatable bonds is 7. The van der Waals surface area contributed by atoms with Crippen LogP contribution in [0.1, 0.15) is 21.9 Å². The van der Waals surface area contributed by atoms with E-state index in [1.165, 1.54) is 42.5 Å². The van der Waals surface area contributed by atoms with Crippen molar-refractivity contribution in [1.29, 1.82) is 0 Å². The van der Waals surface area contributed by atoms with E-state index in [9.17, 15) is 34.6 Å². The lowest BCUT2D eigenvalue weighted by Crippen LogP contribution is -2.32. The number of imide groups is 1. The number of benzene rings is 3. The van der Waals surface area contributed by atoms with Crippen LogP contribution < -0.4 is 14.5 Å². The normalized spacial score (nSPS) is 19.5. The number of nitro groups is 2. The van der Waals surface area contributed by atoms with E-state index >= 15 is 0 Å². The highest BCUT2D eigenvalue weighted by Crippen LogP contribution is 2.55. The van der Waals surface area contributed by atoms with Crippen LogP contribution in [0.5, 0.6) is 5.75 Å². The van der Waals surface area contributed by atoms with Crippen LogP contribution in [0.25, 0.3) is 0 Å². The highest BCUT2D eigenvalue weighted by Gasteiger charge is 2.57. The predicted octanol–water partition coefficient (Wildman–Crippen LogP) is 4.63. The van der Waals surface area contributed by atoms with Gasteiger partial charge in [-0.2, -0.15) is 0 Å². The van der Waals surface area contributed by atoms with Crippen LogP contribution in [0, 0.1) is 26.1 Å². The van der Waals surface area contributed by atoms with E-state index in [1.54, 1.807) is 0 Å². The predicted molar refractivity (Wildman–Crippen MR) is 149 cm³/mol. The summed E-state index contributed by atoms with van der Waals surface area (Å²) in [5, 5.41) is 22.3. The second-order valence-electron chi connectivity index (χ2n) is 9.29. The Hall–Kier alpha value is -4.82. The molecule has 6 rings (SSSR count). The minimum Gasteiger partial charge on any atom is -0.489 e. The highest BCUT2D eigenvalue weighted by atomic mass is 32.2. The van der Waals surface area contributed by atoms with Crippen LogP contribution in [0.2, 0.25) is 0 Å². The number of aromatic nitrogens is 1. The van der Waals surface area contributed by atoms with Crippen molar-refractivity contribution in [2.45, 2.75) is 22.8 Å². The summed E-state index contributed by atoms with van der Waals surface area (Å²) in [4.78, 5) is 65.6. The maximum atomic E-state index is 14.0. The number of thiazole rings is 1. The fraction of sp³-hybridized carbons (Fsp3) is 0.148. The SMILES string of the molecule is O=C1C2Sc3[nH]c(=O)sc3[C@H](c3cc([N+](=O)[O-])ccc3OCc3ccccc3)C2C(=O)N1c1ccc([N+](=O)[O-])cc1. The van der Waals surface area contributed by atoms with Gasteiger partial charge >= 0.3 is 4.87 Å². The summed E-state index contributed by atoms with van der Waals surface area (Å²) in [5.41, 5.74) is 0.867. The van der Waals surface area contributed by atoms with Crippen LogP contribution in [0.15, 0.2) is 82.6 Å². The molecule has 4 aromatic rings. The molecule has 0 bridgehead atoms. The summed E-state index contributed by atoms with van der Waals surface area (Å²) in [6.45, 7) is 0.138. The van der Waals surface area contributed by atoms with Gasteiger partial charge in [-0.3, -0.25) is 34.6 Å². The number of ether oxygens (including phenoxy) is 1. The van der Waals surface area contributed by atoms with Crippen molar-refractivity contribution in [3.05, 3.63) is 119 Å². The maximum Gasteiger partial charge on any atom is 0.305 e. The lowest BCUT2D eigenvalue weighted by molar-refractivity contribution is -0.385. The highest BCUT2D eigenvalue weighted by molar-refractivity contribution is 8.00. The molecule has 1 saturated heterocycles. The van der Waals surface area contributed by atoms with Crippen molar-refractivity contribution in [2.75, 3.05) is 4.90 Å². The quantitative estimate of drug-likeness (QED) is 0.183. The largest absolute Gasteiger partial charge is 0.489 e. The molecule has 3 atom stereocenters. The molecule has 3 aromatic carbocycles. The average molecular weight is 591 g/mol. The lowest BCUT2D eigenvalue weighted by atomic mass is 9.82. The first-order valence-electron chi connectivity index (χ1n) is 12.2. The number of nitro benzene ring substituents is 2. The number of amides is 2. The number of hydrogen-bond acceptors (Lipinski definition) is 10. The Bertz CT molecular complexity index is 1770. The molecule has 206 valence electrons. The minimum absolute atomic E-state index is 0.138. The fourth-order valence-corrected chi connectivity index (χ4v) is 7.60. The van der Waals surface area contributed by atoms with E-state index in [2.05, 4.69) is 4.98 Å². The van der Waals surface area contributed by atoms with E-state index in [0.717, 1.165) is 33.6 Å². The number of carbonyl (C=O) groups is 2. The first-order chi connectivity index (χ1) is 19.7. The Morgan fingerprint density at radius 2 is 1.56 bits per heavy atom. The molecular weight excluding hydrogens is 572 g/mol. The molecule has 1 aromatic heterocycles. The van der Waals surface area contributed by atoms with Crippen LogP contribution >= 0.6 is 23.1 Å². The van der Waals surface area contributed by atoms with Crippen LogP contribution in [0.3, 0.4) is 0 Å². The number of H-pyrrole nitrogens is 1. The van der Waals surface area contributed by atoms with Crippen molar-refractivity contribution < 1.29 is 24.2 Å². The van der Waals surface area contributed by atoms with E-state index in [1.807, 2.05) is 30.3 Å². The number of anilines is 1. The number of hydrogen-bond donors (Lipinski definition) is 1. The fourth-order valence-electron chi connectivity index (χ4n) is 5.09. The first-order valence-corrected chi connectivity index (χ1v) is 13.9. The average Bonchev–Trinajstić information content (AvgIpc) is 3.46. The second-order valence-corrected chi connectivity index (χ2v) is 11.5. The molecule has 14 heteroatoms. The Labute approximate surface area is 238 Å². The van der Waals surface area contributed by atoms with Gasteiger partial charge in [0.15, 0.2) is 0 Å². The number of carbonyl (C=O) groups excluding carboxylic acids is 2. The molecule has 0 radical (unpaired) electrons. The van der Waals surface area contributed by atoms with Gasteiger partial charge in [-0.25, -0.2) is 4.90 Å². The number of nitrogens with zero attached hydrogens (tertiary/aromatic N) is 3. The van der Waals surface area contributed by atoms with Crippen molar-refractivity contribution in [1.82, 2.24) is 4.98 Å². The number of aromatic amines is 1. The molecule has 1 fully saturated rings. The minimum atomic E-state index is -1.03. The van der Waals surface area contributed by atoms with E-state index in [-0.39, 0.29) is 29.4 Å². The van der Waals surface area contributed by atoms with E-state index < -0.39 is 43.6 Å². The van der Waals surface area contributed by atoms with Gasteiger partial charge in [-0.15, -0.1) is 0 Å². The molecular formula is C27H18N4O8S2. The number of thioether (sulfide) groups is 1. The Morgan fingerprint density at radius 1 is 0.878 bits per heavy atom. The third-order valence-corrected chi connectivity index (χ3v) is 9.32. The first kappa shape index (κ1) is 26.4. The van der Waals surface area contributed by atoms with Crippen LogP contribution in [0.4, 0.5) is 17.1 Å². The van der Waals surface area contributed by atoms with Crippen molar-refractivity contribution in [2.24, 2.45) is 5.92 Å². The lowest BCUT2D eigenvalue weighted by Gasteiger charge is -2.30. The third kappa shape index (κ3) is 4.66. The molecule has 0 saturated carbocycles. The standard InChI is InChI=1S/C27H18N4O8S2/c32-25-21-20(18-12-17(31(37)38)10-11-19(18)39-13-14-4-2-1-3-5-14)22-24(28-27(34)41-22)40-23(21)26(33)29(25)15-6-8-16(9-7-15)30(35)36/h1-12,20-21,23H,13H2,(H,28,34)/t20-,21?,23?/m1/s1. The number of nitrogens with one attached hydrogen (secondary N) is 1. The van der Waals surface area contributed by atoms with Gasteiger partial charge in [-0.1, -0.05) is 53.4 Å². The molecule has 0 spiro atoms. The molecule has 2 aliphatic heterocycles. The maximum absolute atomic E-state index is 14.0.